The average Bonchev–Trinajstić information content (AvgIpc) is 2.27. The Morgan fingerprint density at radius 3 is 2.72 bits per heavy atom. The molecule has 1 N–H and O–H groups in total. The van der Waals surface area contributed by atoms with Crippen LogP contribution in [0.15, 0.2) is 18.2 Å². The molecule has 0 saturated heterocycles. The van der Waals surface area contributed by atoms with Gasteiger partial charge in [0.2, 0.25) is 0 Å². The van der Waals surface area contributed by atoms with E-state index in [0.29, 0.717) is 11.4 Å². The van der Waals surface area contributed by atoms with Crippen molar-refractivity contribution in [2.24, 2.45) is 0 Å². The highest BCUT2D eigenvalue weighted by atomic mass is 35.5. The van der Waals surface area contributed by atoms with Crippen LogP contribution in [-0.4, -0.2) is 16.1 Å². The number of carboxylic acid groups (broad SMARTS) is 1. The van der Waals surface area contributed by atoms with E-state index in [2.05, 4.69) is 4.98 Å². The number of aliphatic carboxylic acids is 1. The molecule has 2 rings (SSSR count). The molecule has 0 atom stereocenters. The molecule has 94 valence electrons. The fourth-order valence-corrected chi connectivity index (χ4v) is 2.36. The molecule has 18 heavy (non-hydrogen) atoms. The first-order valence-corrected chi connectivity index (χ1v) is 6.13. The van der Waals surface area contributed by atoms with Gasteiger partial charge in [0, 0.05) is 22.5 Å². The summed E-state index contributed by atoms with van der Waals surface area (Å²) in [5.74, 6) is -0.812. The highest BCUT2D eigenvalue weighted by Crippen LogP contribution is 2.26. The lowest BCUT2D eigenvalue weighted by atomic mass is 10.0. The van der Waals surface area contributed by atoms with Crippen LogP contribution >= 0.6 is 11.6 Å². The molecule has 0 saturated carbocycles. The first-order valence-electron chi connectivity index (χ1n) is 5.75. The van der Waals surface area contributed by atoms with E-state index in [0.717, 1.165) is 27.7 Å². The van der Waals surface area contributed by atoms with E-state index in [-0.39, 0.29) is 6.42 Å². The summed E-state index contributed by atoms with van der Waals surface area (Å²) in [5, 5.41) is 10.4. The zero-order valence-electron chi connectivity index (χ0n) is 10.3. The van der Waals surface area contributed by atoms with Crippen LogP contribution in [-0.2, 0) is 11.2 Å². The summed E-state index contributed by atoms with van der Waals surface area (Å²) < 4.78 is 0. The molecule has 0 spiro atoms. The third kappa shape index (κ3) is 2.62. The topological polar surface area (TPSA) is 50.2 Å². The van der Waals surface area contributed by atoms with Gasteiger partial charge in [-0.2, -0.15) is 0 Å². The van der Waals surface area contributed by atoms with E-state index in [9.17, 15) is 4.79 Å². The van der Waals surface area contributed by atoms with Gasteiger partial charge in [0.1, 0.15) is 0 Å². The van der Waals surface area contributed by atoms with E-state index < -0.39 is 5.97 Å². The molecule has 1 aromatic carbocycles. The lowest BCUT2D eigenvalue weighted by molar-refractivity contribution is -0.136. The quantitative estimate of drug-likeness (QED) is 0.922. The molecule has 0 fully saturated rings. The van der Waals surface area contributed by atoms with Crippen LogP contribution < -0.4 is 0 Å². The number of carboxylic acids is 1. The first kappa shape index (κ1) is 12.8. The molecule has 1 heterocycles. The van der Waals surface area contributed by atoms with E-state index >= 15 is 0 Å². The normalized spacial score (nSPS) is 10.8. The summed E-state index contributed by atoms with van der Waals surface area (Å²) in [4.78, 5) is 15.2. The van der Waals surface area contributed by atoms with Gasteiger partial charge >= 0.3 is 5.97 Å². The number of halogens is 1. The van der Waals surface area contributed by atoms with E-state index in [1.165, 1.54) is 0 Å². The van der Waals surface area contributed by atoms with Crippen molar-refractivity contribution < 1.29 is 9.90 Å². The Morgan fingerprint density at radius 2 is 2.06 bits per heavy atom. The fourth-order valence-electron chi connectivity index (χ4n) is 2.12. The summed E-state index contributed by atoms with van der Waals surface area (Å²) in [6, 6.07) is 5.68. The highest BCUT2D eigenvalue weighted by molar-refractivity contribution is 6.31. The average molecular weight is 264 g/mol. The Labute approximate surface area is 110 Å². The van der Waals surface area contributed by atoms with Crippen molar-refractivity contribution in [3.8, 4) is 0 Å². The monoisotopic (exact) mass is 263 g/mol. The molecule has 0 aliphatic carbocycles. The number of aromatic nitrogens is 1. The Bertz CT molecular complexity index is 623. The van der Waals surface area contributed by atoms with Crippen molar-refractivity contribution in [1.29, 1.82) is 0 Å². The number of nitrogens with zero attached hydrogens (tertiary/aromatic N) is 1. The molecule has 0 amide bonds. The van der Waals surface area contributed by atoms with Crippen molar-refractivity contribution >= 4 is 28.5 Å². The van der Waals surface area contributed by atoms with Crippen LogP contribution in [0, 0.1) is 13.8 Å². The third-order valence-corrected chi connectivity index (χ3v) is 3.12. The van der Waals surface area contributed by atoms with Gasteiger partial charge in [-0.05, 0) is 49.6 Å². The van der Waals surface area contributed by atoms with Crippen LogP contribution in [0.3, 0.4) is 0 Å². The smallest absolute Gasteiger partial charge is 0.303 e. The van der Waals surface area contributed by atoms with Gasteiger partial charge in [-0.25, -0.2) is 0 Å². The number of hydrogen-bond acceptors (Lipinski definition) is 2. The summed E-state index contributed by atoms with van der Waals surface area (Å²) in [5.41, 5.74) is 3.79. The highest BCUT2D eigenvalue weighted by Gasteiger charge is 2.09. The van der Waals surface area contributed by atoms with E-state index in [4.69, 9.17) is 16.7 Å². The molecule has 1 aromatic heterocycles. The second-order valence-electron chi connectivity index (χ2n) is 4.44. The van der Waals surface area contributed by atoms with Gasteiger partial charge in [-0.15, -0.1) is 0 Å². The van der Waals surface area contributed by atoms with Gasteiger partial charge < -0.3 is 5.11 Å². The second-order valence-corrected chi connectivity index (χ2v) is 4.87. The van der Waals surface area contributed by atoms with Crippen molar-refractivity contribution in [2.45, 2.75) is 26.7 Å². The van der Waals surface area contributed by atoms with Crippen LogP contribution in [0.25, 0.3) is 10.9 Å². The fraction of sp³-hybridized carbons (Fsp3) is 0.286. The zero-order chi connectivity index (χ0) is 13.3. The minimum absolute atomic E-state index is 0.0874. The van der Waals surface area contributed by atoms with Crippen LogP contribution in [0.2, 0.25) is 5.02 Å². The second kappa shape index (κ2) is 4.94. The number of hydrogen-bond donors (Lipinski definition) is 1. The van der Waals surface area contributed by atoms with Gasteiger partial charge in [-0.3, -0.25) is 9.78 Å². The van der Waals surface area contributed by atoms with Crippen molar-refractivity contribution in [2.75, 3.05) is 0 Å². The first-order chi connectivity index (χ1) is 8.47. The van der Waals surface area contributed by atoms with Crippen LogP contribution in [0.4, 0.5) is 0 Å². The molecule has 0 aliphatic rings. The number of carbonyl (C=O) groups is 1. The number of rotatable bonds is 3. The summed E-state index contributed by atoms with van der Waals surface area (Å²) >= 11 is 6.08. The number of pyridine rings is 1. The lowest BCUT2D eigenvalue weighted by Crippen LogP contribution is -2.00. The van der Waals surface area contributed by atoms with Crippen LogP contribution in [0.1, 0.15) is 23.2 Å². The maximum Gasteiger partial charge on any atom is 0.303 e. The summed E-state index contributed by atoms with van der Waals surface area (Å²) in [7, 11) is 0. The molecule has 0 aliphatic heterocycles. The predicted molar refractivity (Wildman–Crippen MR) is 72.2 cm³/mol. The predicted octanol–water partition coefficient (Wildman–Crippen LogP) is 3.52. The van der Waals surface area contributed by atoms with Gasteiger partial charge in [0.25, 0.3) is 0 Å². The molecule has 0 radical (unpaired) electrons. The molecule has 0 unspecified atom stereocenters. The summed E-state index contributed by atoms with van der Waals surface area (Å²) in [6.07, 6.45) is 0.534. The molecule has 2 aromatic rings. The third-order valence-electron chi connectivity index (χ3n) is 2.90. The maximum atomic E-state index is 10.7. The van der Waals surface area contributed by atoms with Crippen molar-refractivity contribution in [3.63, 3.8) is 0 Å². The van der Waals surface area contributed by atoms with E-state index in [1.807, 2.05) is 26.0 Å². The minimum Gasteiger partial charge on any atom is -0.481 e. The lowest BCUT2D eigenvalue weighted by Gasteiger charge is -2.09. The Balaban J connectivity index is 2.60. The molecular formula is C14H14ClNO2. The SMILES string of the molecule is Cc1cc(C)c2cc(Cl)cc(CCC(=O)O)c2n1. The largest absolute Gasteiger partial charge is 0.481 e. The Morgan fingerprint density at radius 1 is 1.33 bits per heavy atom. The zero-order valence-corrected chi connectivity index (χ0v) is 11.1. The molecule has 0 bridgehead atoms. The number of benzene rings is 1. The van der Waals surface area contributed by atoms with Gasteiger partial charge in [0.15, 0.2) is 0 Å². The molecule has 3 nitrogen and oxygen atoms in total. The number of aryl methyl sites for hydroxylation is 3. The number of fused-ring (bicyclic) bond motifs is 1. The van der Waals surface area contributed by atoms with Crippen LogP contribution in [0.5, 0.6) is 0 Å². The Hall–Kier alpha value is -1.61. The maximum absolute atomic E-state index is 10.7. The van der Waals surface area contributed by atoms with Crippen molar-refractivity contribution in [3.05, 3.63) is 40.0 Å². The Kier molecular flexibility index (Phi) is 3.53. The standard InChI is InChI=1S/C14H14ClNO2/c1-8-5-9(2)16-14-10(3-4-13(17)18)6-11(15)7-12(8)14/h5-7H,3-4H2,1-2H3,(H,17,18). The van der Waals surface area contributed by atoms with Gasteiger partial charge in [-0.1, -0.05) is 11.6 Å². The minimum atomic E-state index is -0.812. The van der Waals surface area contributed by atoms with Crippen molar-refractivity contribution in [1.82, 2.24) is 4.98 Å². The van der Waals surface area contributed by atoms with E-state index in [1.54, 1.807) is 6.07 Å². The van der Waals surface area contributed by atoms with Gasteiger partial charge in [0.05, 0.1) is 5.52 Å². The molecule has 4 heteroatoms. The summed E-state index contributed by atoms with van der Waals surface area (Å²) in [6.45, 7) is 3.94. The molecular weight excluding hydrogens is 250 g/mol.